The van der Waals surface area contributed by atoms with E-state index in [-0.39, 0.29) is 35.9 Å². The Morgan fingerprint density at radius 3 is 2.40 bits per heavy atom. The van der Waals surface area contributed by atoms with Crippen molar-refractivity contribution in [3.63, 3.8) is 0 Å². The predicted molar refractivity (Wildman–Crippen MR) is 178 cm³/mol. The number of hydrogen-bond acceptors (Lipinski definition) is 8. The number of aliphatic hydroxyl groups is 1. The molecular formula is C36H36N4O7. The number of H-pyrrole nitrogens is 1. The van der Waals surface area contributed by atoms with E-state index in [1.165, 1.54) is 12.1 Å². The summed E-state index contributed by atoms with van der Waals surface area (Å²) in [5.74, 6) is 0.637. The second-order valence-corrected chi connectivity index (χ2v) is 10.8. The first-order valence-corrected chi connectivity index (χ1v) is 15.2. The summed E-state index contributed by atoms with van der Waals surface area (Å²) in [6, 6.07) is 29.5. The molecule has 0 radical (unpaired) electrons. The summed E-state index contributed by atoms with van der Waals surface area (Å²) in [4.78, 5) is 39.0. The Morgan fingerprint density at radius 1 is 0.809 bits per heavy atom. The highest BCUT2D eigenvalue weighted by Crippen LogP contribution is 2.28. The molecular weight excluding hydrogens is 600 g/mol. The SMILES string of the molecule is O=C(NCc1ccccc1)Oc1cccc(OCc2ccc(C(=O)NCCCNC[C@H](O)c3ccc(O)c4[nH]c(=O)ccc34)cc2)c1. The smallest absolute Gasteiger partial charge is 0.412 e. The molecule has 6 N–H and O–H groups in total. The number of hydrogen-bond donors (Lipinski definition) is 6. The Kier molecular flexibility index (Phi) is 11.2. The highest BCUT2D eigenvalue weighted by molar-refractivity contribution is 5.94. The van der Waals surface area contributed by atoms with Gasteiger partial charge in [-0.3, -0.25) is 9.59 Å². The number of carbonyl (C=O) groups is 2. The molecule has 0 spiro atoms. The number of nitrogens with one attached hydrogen (secondary N) is 4. The van der Waals surface area contributed by atoms with E-state index >= 15 is 0 Å². The summed E-state index contributed by atoms with van der Waals surface area (Å²) >= 11 is 0. The third kappa shape index (κ3) is 9.42. The number of phenols is 1. The number of aromatic hydroxyl groups is 1. The molecule has 0 fully saturated rings. The van der Waals surface area contributed by atoms with Gasteiger partial charge in [0.1, 0.15) is 23.9 Å². The van der Waals surface area contributed by atoms with Crippen LogP contribution < -0.4 is 31.0 Å². The van der Waals surface area contributed by atoms with Crippen LogP contribution in [0, 0.1) is 0 Å². The maximum atomic E-state index is 12.6. The number of fused-ring (bicyclic) bond motifs is 1. The summed E-state index contributed by atoms with van der Waals surface area (Å²) in [7, 11) is 0. The molecule has 5 aromatic rings. The lowest BCUT2D eigenvalue weighted by Gasteiger charge is -2.15. The summed E-state index contributed by atoms with van der Waals surface area (Å²) < 4.78 is 11.2. The van der Waals surface area contributed by atoms with Gasteiger partial charge in [0.05, 0.1) is 11.6 Å². The van der Waals surface area contributed by atoms with E-state index in [4.69, 9.17) is 9.47 Å². The average Bonchev–Trinajstić information content (AvgIpc) is 3.09. The fourth-order valence-corrected chi connectivity index (χ4v) is 4.88. The Labute approximate surface area is 271 Å². The molecule has 0 aliphatic heterocycles. The van der Waals surface area contributed by atoms with E-state index in [9.17, 15) is 24.6 Å². The molecule has 0 bridgehead atoms. The summed E-state index contributed by atoms with van der Waals surface area (Å²) in [5.41, 5.74) is 2.89. The zero-order valence-electron chi connectivity index (χ0n) is 25.6. The van der Waals surface area contributed by atoms with Crippen LogP contribution in [-0.4, -0.2) is 46.8 Å². The Morgan fingerprint density at radius 2 is 1.60 bits per heavy atom. The number of aromatic nitrogens is 1. The second-order valence-electron chi connectivity index (χ2n) is 10.8. The van der Waals surface area contributed by atoms with E-state index in [2.05, 4.69) is 20.9 Å². The number of ether oxygens (including phenoxy) is 2. The van der Waals surface area contributed by atoms with E-state index in [0.717, 1.165) is 11.1 Å². The Bertz CT molecular complexity index is 1860. The molecule has 11 nitrogen and oxygen atoms in total. The maximum absolute atomic E-state index is 12.6. The van der Waals surface area contributed by atoms with Crippen molar-refractivity contribution < 1.29 is 29.3 Å². The van der Waals surface area contributed by atoms with Crippen LogP contribution in [0.1, 0.15) is 39.6 Å². The zero-order valence-corrected chi connectivity index (χ0v) is 25.6. The van der Waals surface area contributed by atoms with Crippen LogP contribution in [0.25, 0.3) is 10.9 Å². The fraction of sp³-hybridized carbons (Fsp3) is 0.194. The van der Waals surface area contributed by atoms with Crippen LogP contribution in [0.3, 0.4) is 0 Å². The van der Waals surface area contributed by atoms with Crippen molar-refractivity contribution >= 4 is 22.9 Å². The van der Waals surface area contributed by atoms with Crippen LogP contribution in [-0.2, 0) is 13.2 Å². The van der Waals surface area contributed by atoms with E-state index < -0.39 is 12.2 Å². The van der Waals surface area contributed by atoms with Gasteiger partial charge in [0.2, 0.25) is 5.56 Å². The van der Waals surface area contributed by atoms with Crippen molar-refractivity contribution in [1.29, 1.82) is 0 Å². The van der Waals surface area contributed by atoms with Crippen molar-refractivity contribution in [1.82, 2.24) is 20.9 Å². The molecule has 0 saturated heterocycles. The molecule has 4 aromatic carbocycles. The highest BCUT2D eigenvalue weighted by Gasteiger charge is 2.14. The standard InChI is InChI=1S/C36H36N4O7/c41-31-16-14-29(30-15-17-33(43)40-34(30)31)32(42)22-37-18-5-19-38-35(44)26-12-10-25(11-13-26)23-46-27-8-4-9-28(20-27)47-36(45)39-21-24-6-2-1-3-7-24/h1-4,6-17,20,32,37,41-42H,5,18-19,21-23H2,(H,38,44)(H,39,45)(H,40,43)/t32-/m0/s1. The monoisotopic (exact) mass is 636 g/mol. The highest BCUT2D eigenvalue weighted by atomic mass is 16.6. The maximum Gasteiger partial charge on any atom is 0.412 e. The van der Waals surface area contributed by atoms with Gasteiger partial charge in [0.25, 0.3) is 5.91 Å². The van der Waals surface area contributed by atoms with Gasteiger partial charge in [-0.15, -0.1) is 0 Å². The largest absolute Gasteiger partial charge is 0.506 e. The van der Waals surface area contributed by atoms with Gasteiger partial charge in [-0.25, -0.2) is 4.79 Å². The van der Waals surface area contributed by atoms with Crippen molar-refractivity contribution in [3.8, 4) is 17.2 Å². The van der Waals surface area contributed by atoms with E-state index in [0.29, 0.717) is 54.1 Å². The number of aliphatic hydroxyl groups excluding tert-OH is 1. The lowest BCUT2D eigenvalue weighted by Crippen LogP contribution is -2.29. The van der Waals surface area contributed by atoms with E-state index in [1.54, 1.807) is 48.5 Å². The lowest BCUT2D eigenvalue weighted by atomic mass is 10.0. The van der Waals surface area contributed by atoms with Gasteiger partial charge < -0.3 is 40.6 Å². The van der Waals surface area contributed by atoms with Crippen LogP contribution in [0.5, 0.6) is 17.2 Å². The molecule has 1 atom stereocenters. The average molecular weight is 637 g/mol. The van der Waals surface area contributed by atoms with Crippen LogP contribution in [0.15, 0.2) is 108 Å². The number of rotatable bonds is 14. The second kappa shape index (κ2) is 16.1. The predicted octanol–water partition coefficient (Wildman–Crippen LogP) is 4.54. The van der Waals surface area contributed by atoms with Crippen molar-refractivity contribution in [2.24, 2.45) is 0 Å². The van der Waals surface area contributed by atoms with Gasteiger partial charge in [-0.2, -0.15) is 0 Å². The minimum absolute atomic E-state index is 0.0596. The fourth-order valence-electron chi connectivity index (χ4n) is 4.88. The molecule has 1 heterocycles. The molecule has 0 saturated carbocycles. The van der Waals surface area contributed by atoms with E-state index in [1.807, 2.05) is 42.5 Å². The summed E-state index contributed by atoms with van der Waals surface area (Å²) in [6.07, 6.45) is -0.768. The first-order valence-electron chi connectivity index (χ1n) is 15.2. The molecule has 0 unspecified atom stereocenters. The first kappa shape index (κ1) is 32.7. The van der Waals surface area contributed by atoms with Gasteiger partial charge in [0, 0.05) is 42.7 Å². The topological polar surface area (TPSA) is 162 Å². The third-order valence-electron chi connectivity index (χ3n) is 7.34. The third-order valence-corrected chi connectivity index (χ3v) is 7.34. The molecule has 11 heteroatoms. The number of benzene rings is 4. The van der Waals surface area contributed by atoms with Gasteiger partial charge in [0.15, 0.2) is 0 Å². The molecule has 1 aromatic heterocycles. The number of pyridine rings is 1. The minimum atomic E-state index is -0.852. The van der Waals surface area contributed by atoms with Gasteiger partial charge >= 0.3 is 6.09 Å². The summed E-state index contributed by atoms with van der Waals surface area (Å²) in [5, 5.41) is 30.0. The molecule has 47 heavy (non-hydrogen) atoms. The number of amides is 2. The number of carbonyl (C=O) groups excluding carboxylic acids is 2. The normalized spacial score (nSPS) is 11.5. The van der Waals surface area contributed by atoms with Crippen LogP contribution >= 0.6 is 0 Å². The zero-order chi connectivity index (χ0) is 33.0. The molecule has 0 aliphatic rings. The van der Waals surface area contributed by atoms with Gasteiger partial charge in [-0.1, -0.05) is 54.6 Å². The molecule has 5 rings (SSSR count). The molecule has 242 valence electrons. The quantitative estimate of drug-likeness (QED) is 0.0968. The van der Waals surface area contributed by atoms with Crippen LogP contribution in [0.4, 0.5) is 4.79 Å². The van der Waals surface area contributed by atoms with Crippen LogP contribution in [0.2, 0.25) is 0 Å². The summed E-state index contributed by atoms with van der Waals surface area (Å²) in [6.45, 7) is 1.89. The molecule has 2 amide bonds. The Hall–Kier alpha value is -5.65. The van der Waals surface area contributed by atoms with Gasteiger partial charge in [-0.05, 0) is 66.1 Å². The van der Waals surface area contributed by atoms with Crippen molar-refractivity contribution in [2.45, 2.75) is 25.7 Å². The number of phenolic OH excluding ortho intramolecular Hbond substituents is 1. The minimum Gasteiger partial charge on any atom is -0.506 e. The van der Waals surface area contributed by atoms with Crippen molar-refractivity contribution in [2.75, 3.05) is 19.6 Å². The number of aromatic amines is 1. The lowest BCUT2D eigenvalue weighted by molar-refractivity contribution is 0.0952. The Balaban J connectivity index is 0.996. The first-order chi connectivity index (χ1) is 22.9. The molecule has 0 aliphatic carbocycles. The van der Waals surface area contributed by atoms with Crippen molar-refractivity contribution in [3.05, 3.63) is 136 Å².